The van der Waals surface area contributed by atoms with E-state index in [1.807, 2.05) is 0 Å². The van der Waals surface area contributed by atoms with Crippen LogP contribution in [0.3, 0.4) is 0 Å². The first-order valence-corrected chi connectivity index (χ1v) is 11.8. The Bertz CT molecular complexity index is 1590. The molecule has 14 heteroatoms. The third-order valence-electron chi connectivity index (χ3n) is 4.78. The predicted octanol–water partition coefficient (Wildman–Crippen LogP) is -0.579. The number of rotatable bonds is 4. The molecule has 0 amide bonds. The maximum Gasteiger partial charge on any atom is 1.00 e. The summed E-state index contributed by atoms with van der Waals surface area (Å²) in [5.74, 6) is -1.18. The summed E-state index contributed by atoms with van der Waals surface area (Å²) in [6.45, 7) is 0. The summed E-state index contributed by atoms with van der Waals surface area (Å²) in [5, 5.41) is 14.7. The summed E-state index contributed by atoms with van der Waals surface area (Å²) < 4.78 is 65.2. The molecular weight excluding hydrogens is 535 g/mol. The van der Waals surface area contributed by atoms with Crippen molar-refractivity contribution in [1.29, 1.82) is 0 Å². The Morgan fingerprint density at radius 3 is 2.06 bits per heavy atom. The first-order valence-electron chi connectivity index (χ1n) is 8.87. The average Bonchev–Trinajstić information content (AvgIpc) is 2.72. The molecule has 170 valence electrons. The molecule has 0 saturated carbocycles. The number of hydrogen-bond acceptors (Lipinski definition) is 8. The zero-order valence-electron chi connectivity index (χ0n) is 17.3. The molecule has 4 rings (SSSR count). The molecule has 3 aromatic carbocycles. The number of nitrogens with one attached hydrogen (secondary N) is 1. The Morgan fingerprint density at radius 1 is 0.794 bits per heavy atom. The zero-order valence-corrected chi connectivity index (χ0v) is 22.2. The molecule has 3 aromatic rings. The van der Waals surface area contributed by atoms with Crippen molar-refractivity contribution in [3.63, 3.8) is 0 Å². The molecule has 0 fully saturated rings. The van der Waals surface area contributed by atoms with E-state index in [4.69, 9.17) is 0 Å². The molecular formula is C20H14CrN2NaO8S2+. The number of phenols is 1. The number of hydrogen-bond donors (Lipinski definition) is 4. The number of anilines is 1. The summed E-state index contributed by atoms with van der Waals surface area (Å²) in [5.41, 5.74) is 2.60. The van der Waals surface area contributed by atoms with Gasteiger partial charge in [-0.2, -0.15) is 21.9 Å². The summed E-state index contributed by atoms with van der Waals surface area (Å²) in [6, 6.07) is 12.5. The van der Waals surface area contributed by atoms with Gasteiger partial charge in [-0.15, -0.1) is 0 Å². The number of allylic oxidation sites excluding steroid dienone is 1. The van der Waals surface area contributed by atoms with Gasteiger partial charge in [0.1, 0.15) is 21.3 Å². The Labute approximate surface area is 227 Å². The van der Waals surface area contributed by atoms with Crippen molar-refractivity contribution in [2.45, 2.75) is 4.90 Å². The SMILES string of the molecule is O=C1C=C(S(=O)(=O)O)c2ccccc2C1=NNc1ccc2c(S(=O)(=O)O)cccc2c1O.[Cr].[Na+]. The normalized spacial score (nSPS) is 14.6. The molecule has 1 aliphatic rings. The number of aromatic hydroxyl groups is 1. The van der Waals surface area contributed by atoms with E-state index in [9.17, 15) is 35.8 Å². The third kappa shape index (κ3) is 5.28. The molecule has 4 N–H and O–H groups in total. The Morgan fingerprint density at radius 2 is 1.44 bits per heavy atom. The summed E-state index contributed by atoms with van der Waals surface area (Å²) in [6.07, 6.45) is 0.747. The number of phenolic OH excluding ortho intramolecular Hbond substituents is 1. The second-order valence-corrected chi connectivity index (χ2v) is 9.53. The molecule has 0 bridgehead atoms. The minimum atomic E-state index is -4.65. The van der Waals surface area contributed by atoms with Gasteiger partial charge in [0.25, 0.3) is 20.2 Å². The Balaban J connectivity index is 0.00000204. The van der Waals surface area contributed by atoms with Crippen molar-refractivity contribution in [3.05, 3.63) is 71.8 Å². The van der Waals surface area contributed by atoms with Gasteiger partial charge in [-0.25, -0.2) is 0 Å². The number of benzene rings is 3. The number of carbonyl (C=O) groups excluding carboxylic acids is 1. The zero-order chi connectivity index (χ0) is 23.3. The molecule has 0 heterocycles. The van der Waals surface area contributed by atoms with Gasteiger partial charge in [-0.1, -0.05) is 42.5 Å². The minimum Gasteiger partial charge on any atom is -0.505 e. The van der Waals surface area contributed by atoms with Crippen molar-refractivity contribution >= 4 is 53.1 Å². The Hall–Kier alpha value is -2.05. The monoisotopic (exact) mass is 549 g/mol. The number of ketones is 1. The molecule has 34 heavy (non-hydrogen) atoms. The van der Waals surface area contributed by atoms with Gasteiger partial charge < -0.3 is 5.11 Å². The topological polar surface area (TPSA) is 170 Å². The van der Waals surface area contributed by atoms with E-state index in [0.29, 0.717) is 0 Å². The van der Waals surface area contributed by atoms with Gasteiger partial charge in [-0.3, -0.25) is 19.3 Å². The Kier molecular flexibility index (Phi) is 8.53. The molecule has 1 aliphatic carbocycles. The summed E-state index contributed by atoms with van der Waals surface area (Å²) in [7, 11) is -9.18. The molecule has 0 saturated heterocycles. The van der Waals surface area contributed by atoms with Crippen LogP contribution in [0.25, 0.3) is 15.7 Å². The van der Waals surface area contributed by atoms with Crippen molar-refractivity contribution in [3.8, 4) is 5.75 Å². The first-order chi connectivity index (χ1) is 15.0. The van der Waals surface area contributed by atoms with Crippen LogP contribution in [-0.2, 0) is 42.4 Å². The molecule has 0 aliphatic heterocycles. The fourth-order valence-corrected chi connectivity index (χ4v) is 4.79. The van der Waals surface area contributed by atoms with E-state index in [0.717, 1.165) is 6.08 Å². The van der Waals surface area contributed by atoms with Crippen LogP contribution in [0.1, 0.15) is 11.1 Å². The van der Waals surface area contributed by atoms with Crippen LogP contribution >= 0.6 is 0 Å². The van der Waals surface area contributed by atoms with Crippen LogP contribution in [0.5, 0.6) is 5.75 Å². The van der Waals surface area contributed by atoms with E-state index in [1.54, 1.807) is 6.07 Å². The molecule has 0 radical (unpaired) electrons. The van der Waals surface area contributed by atoms with Crippen LogP contribution in [0.15, 0.2) is 70.7 Å². The van der Waals surface area contributed by atoms with Gasteiger partial charge in [0, 0.05) is 45.3 Å². The first kappa shape index (κ1) is 28.2. The van der Waals surface area contributed by atoms with Crippen molar-refractivity contribution in [1.82, 2.24) is 0 Å². The van der Waals surface area contributed by atoms with Crippen LogP contribution < -0.4 is 35.0 Å². The van der Waals surface area contributed by atoms with Crippen molar-refractivity contribution in [2.75, 3.05) is 5.43 Å². The molecule has 0 unspecified atom stereocenters. The largest absolute Gasteiger partial charge is 1.00 e. The standard InChI is InChI=1S/C20H14N2O8S2.Cr.Na/c23-16-10-18(32(28,29)30)11-4-1-2-5-13(11)19(16)22-21-15-9-8-12-14(20(15)24)6-3-7-17(12)31(25,26)27;;/h1-10,21,24H,(H,25,26,27)(H,28,29,30);;/q;;+1. The second kappa shape index (κ2) is 10.3. The number of nitrogens with zero attached hydrogens (tertiary/aromatic N) is 1. The van der Waals surface area contributed by atoms with Crippen LogP contribution in [-0.4, -0.2) is 42.5 Å². The van der Waals surface area contributed by atoms with Crippen molar-refractivity contribution < 1.29 is 82.8 Å². The fourth-order valence-electron chi connectivity index (χ4n) is 3.38. The van der Waals surface area contributed by atoms with E-state index in [1.165, 1.54) is 48.5 Å². The molecule has 0 spiro atoms. The average molecular weight is 549 g/mol. The third-order valence-corrected chi connectivity index (χ3v) is 6.59. The van der Waals surface area contributed by atoms with Gasteiger partial charge >= 0.3 is 29.6 Å². The van der Waals surface area contributed by atoms with E-state index in [2.05, 4.69) is 10.5 Å². The molecule has 0 atom stereocenters. The van der Waals surface area contributed by atoms with Gasteiger partial charge in [0.2, 0.25) is 5.78 Å². The minimum absolute atomic E-state index is 0. The van der Waals surface area contributed by atoms with E-state index < -0.39 is 30.9 Å². The van der Waals surface area contributed by atoms with E-state index >= 15 is 0 Å². The van der Waals surface area contributed by atoms with E-state index in [-0.39, 0.29) is 90.9 Å². The number of hydrazone groups is 1. The van der Waals surface area contributed by atoms with Gasteiger partial charge in [-0.05, 0) is 12.1 Å². The number of fused-ring (bicyclic) bond motifs is 2. The maximum absolute atomic E-state index is 12.5. The van der Waals surface area contributed by atoms with Crippen LogP contribution in [0.4, 0.5) is 5.69 Å². The van der Waals surface area contributed by atoms with Crippen molar-refractivity contribution in [2.24, 2.45) is 5.10 Å². The summed E-state index contributed by atoms with van der Waals surface area (Å²) in [4.78, 5) is 11.6. The number of carbonyl (C=O) groups is 1. The van der Waals surface area contributed by atoms with Gasteiger partial charge in [0.05, 0.1) is 5.69 Å². The smallest absolute Gasteiger partial charge is 0.505 e. The quantitative estimate of drug-likeness (QED) is 0.144. The van der Waals surface area contributed by atoms with Crippen LogP contribution in [0, 0.1) is 0 Å². The van der Waals surface area contributed by atoms with Crippen LogP contribution in [0.2, 0.25) is 0 Å². The maximum atomic E-state index is 12.5. The second-order valence-electron chi connectivity index (χ2n) is 6.75. The molecule has 0 aromatic heterocycles. The summed E-state index contributed by atoms with van der Waals surface area (Å²) >= 11 is 0. The predicted molar refractivity (Wildman–Crippen MR) is 117 cm³/mol. The fraction of sp³-hybridized carbons (Fsp3) is 0. The molecule has 10 nitrogen and oxygen atoms in total. The van der Waals surface area contributed by atoms with Gasteiger partial charge in [0.15, 0.2) is 0 Å².